The second-order valence-electron chi connectivity index (χ2n) is 12.2. The highest BCUT2D eigenvalue weighted by atomic mass is 32.2. The number of hydrogen-bond donors (Lipinski definition) is 0. The number of aryl methyl sites for hydroxylation is 1. The predicted octanol–water partition coefficient (Wildman–Crippen LogP) is 5.14. The molecule has 1 unspecified atom stereocenters. The van der Waals surface area contributed by atoms with Crippen molar-refractivity contribution in [2.45, 2.75) is 59.4 Å². The van der Waals surface area contributed by atoms with Crippen molar-refractivity contribution in [3.8, 4) is 6.07 Å². The highest BCUT2D eigenvalue weighted by Gasteiger charge is 2.50. The molecule has 1 saturated carbocycles. The Labute approximate surface area is 242 Å². The monoisotopic (exact) mass is 575 g/mol. The van der Waals surface area contributed by atoms with Crippen molar-refractivity contribution < 1.29 is 12.8 Å². The van der Waals surface area contributed by atoms with E-state index in [9.17, 15) is 13.7 Å². The van der Waals surface area contributed by atoms with E-state index < -0.39 is 20.9 Å². The van der Waals surface area contributed by atoms with Crippen LogP contribution in [0, 0.1) is 23.2 Å². The van der Waals surface area contributed by atoms with Gasteiger partial charge in [0.15, 0.2) is 5.67 Å². The third-order valence-corrected chi connectivity index (χ3v) is 11.4. The van der Waals surface area contributed by atoms with E-state index in [-0.39, 0.29) is 28.8 Å². The number of likely N-dealkylation sites (tertiary alicyclic amines) is 1. The molecule has 9 heteroatoms. The number of nitrogens with zero attached hydrogens (tertiary/aromatic N) is 5. The van der Waals surface area contributed by atoms with E-state index in [2.05, 4.69) is 28.2 Å². The first kappa shape index (κ1) is 27.9. The zero-order chi connectivity index (χ0) is 28.7. The van der Waals surface area contributed by atoms with Crippen LogP contribution in [0.2, 0.25) is 0 Å². The number of piperidine rings is 1. The molecule has 1 aliphatic carbocycles. The Morgan fingerprint density at radius 1 is 0.976 bits per heavy atom. The fourth-order valence-electron chi connectivity index (χ4n) is 7.52. The minimum atomic E-state index is -3.63. The number of anilines is 1. The Morgan fingerprint density at radius 2 is 1.61 bits per heavy atom. The average molecular weight is 576 g/mol. The first-order valence-electron chi connectivity index (χ1n) is 14.7. The van der Waals surface area contributed by atoms with E-state index in [1.807, 2.05) is 23.1 Å². The molecule has 7 nitrogen and oxygen atoms in total. The zero-order valence-electron chi connectivity index (χ0n) is 23.6. The molecule has 6 rings (SSSR count). The summed E-state index contributed by atoms with van der Waals surface area (Å²) in [5.74, 6) is 0.675. The van der Waals surface area contributed by atoms with Crippen LogP contribution in [0.1, 0.15) is 44.1 Å². The van der Waals surface area contributed by atoms with Crippen LogP contribution in [0.5, 0.6) is 0 Å². The topological polar surface area (TPSA) is 82.2 Å². The van der Waals surface area contributed by atoms with E-state index in [4.69, 9.17) is 0 Å². The molecule has 2 aliphatic heterocycles. The molecule has 3 heterocycles. The molecule has 41 heavy (non-hydrogen) atoms. The second kappa shape index (κ2) is 10.9. The van der Waals surface area contributed by atoms with Crippen LogP contribution in [0.4, 0.5) is 10.1 Å². The normalized spacial score (nSPS) is 21.7. The van der Waals surface area contributed by atoms with Gasteiger partial charge in [0, 0.05) is 25.5 Å². The van der Waals surface area contributed by atoms with Crippen molar-refractivity contribution in [3.63, 3.8) is 0 Å². The van der Waals surface area contributed by atoms with E-state index >= 15 is 4.39 Å². The maximum atomic E-state index is 15.8. The molecule has 3 aromatic rings. The van der Waals surface area contributed by atoms with Crippen molar-refractivity contribution in [1.82, 2.24) is 14.7 Å². The fraction of sp³-hybridized carbons (Fsp3) is 0.500. The SMILES string of the molecule is Cn1cc(S(=O)(=O)c2ccc(N3CC(F)(CN4CCC(C(C#N)(c5ccccc5)C5CCCC5)CC4)C3)cc2)cn1. The molecule has 2 aromatic carbocycles. The number of aromatic nitrogens is 2. The molecule has 0 spiro atoms. The van der Waals surface area contributed by atoms with Crippen LogP contribution >= 0.6 is 0 Å². The quantitative estimate of drug-likeness (QED) is 0.370. The van der Waals surface area contributed by atoms with Crippen LogP contribution in [0.3, 0.4) is 0 Å². The van der Waals surface area contributed by atoms with Gasteiger partial charge in [0.2, 0.25) is 9.84 Å². The number of rotatable bonds is 8. The lowest BCUT2D eigenvalue weighted by Crippen LogP contribution is -2.64. The summed E-state index contributed by atoms with van der Waals surface area (Å²) in [5, 5.41) is 14.6. The number of halogens is 1. The largest absolute Gasteiger partial charge is 0.365 e. The second-order valence-corrected chi connectivity index (χ2v) is 14.2. The van der Waals surface area contributed by atoms with Crippen molar-refractivity contribution in [3.05, 3.63) is 72.6 Å². The van der Waals surface area contributed by atoms with Crippen LogP contribution in [-0.4, -0.2) is 61.5 Å². The number of nitriles is 1. The van der Waals surface area contributed by atoms with E-state index in [0.29, 0.717) is 12.5 Å². The average Bonchev–Trinajstić information content (AvgIpc) is 3.67. The Balaban J connectivity index is 1.06. The summed E-state index contributed by atoms with van der Waals surface area (Å²) in [5.41, 5.74) is 0.218. The predicted molar refractivity (Wildman–Crippen MR) is 156 cm³/mol. The molecular weight excluding hydrogens is 537 g/mol. The third-order valence-electron chi connectivity index (χ3n) is 9.63. The summed E-state index contributed by atoms with van der Waals surface area (Å²) in [6.45, 7) is 2.57. The summed E-state index contributed by atoms with van der Waals surface area (Å²) in [6, 6.07) is 19.9. The molecule has 216 valence electrons. The number of benzene rings is 2. The Morgan fingerprint density at radius 3 is 2.20 bits per heavy atom. The maximum Gasteiger partial charge on any atom is 0.209 e. The van der Waals surface area contributed by atoms with Gasteiger partial charge in [0.05, 0.1) is 35.7 Å². The van der Waals surface area contributed by atoms with Gasteiger partial charge in [-0.25, -0.2) is 12.8 Å². The van der Waals surface area contributed by atoms with Gasteiger partial charge >= 0.3 is 0 Å². The first-order valence-corrected chi connectivity index (χ1v) is 16.2. The molecule has 3 aliphatic rings. The van der Waals surface area contributed by atoms with E-state index in [0.717, 1.165) is 50.0 Å². The van der Waals surface area contributed by atoms with Crippen LogP contribution in [0.25, 0.3) is 0 Å². The summed E-state index contributed by atoms with van der Waals surface area (Å²) in [7, 11) is -1.96. The zero-order valence-corrected chi connectivity index (χ0v) is 24.4. The standard InChI is InChI=1S/C32H38FN5O2S/c1-36-20-30(19-35-36)41(39,40)29-13-11-28(12-14-29)38-23-31(33,24-38)22-37-17-15-27(16-18-37)32(21-34,26-9-5-6-10-26)25-7-3-2-4-8-25/h2-4,7-8,11-14,19-20,26-27H,5-6,9-10,15-18,22-24H2,1H3. The highest BCUT2D eigenvalue weighted by molar-refractivity contribution is 7.91. The molecule has 1 aromatic heterocycles. The summed E-state index contributed by atoms with van der Waals surface area (Å²) in [4.78, 5) is 4.55. The molecule has 1 atom stereocenters. The van der Waals surface area contributed by atoms with Crippen LogP contribution in [0.15, 0.2) is 76.8 Å². The van der Waals surface area contributed by atoms with E-state index in [1.165, 1.54) is 29.9 Å². The highest BCUT2D eigenvalue weighted by Crippen LogP contribution is 2.50. The lowest BCUT2D eigenvalue weighted by Gasteiger charge is -2.50. The number of hydrogen-bond acceptors (Lipinski definition) is 6. The Bertz CT molecular complexity index is 1500. The van der Waals surface area contributed by atoms with Crippen molar-refractivity contribution >= 4 is 15.5 Å². The van der Waals surface area contributed by atoms with Crippen molar-refractivity contribution in [2.75, 3.05) is 37.6 Å². The Kier molecular flexibility index (Phi) is 7.41. The lowest BCUT2D eigenvalue weighted by molar-refractivity contribution is 0.0367. The fourth-order valence-corrected chi connectivity index (χ4v) is 8.77. The number of sulfone groups is 1. The van der Waals surface area contributed by atoms with Crippen molar-refractivity contribution in [1.29, 1.82) is 5.26 Å². The lowest BCUT2D eigenvalue weighted by atomic mass is 9.60. The van der Waals surface area contributed by atoms with Gasteiger partial charge in [-0.05, 0) is 80.4 Å². The van der Waals surface area contributed by atoms with Gasteiger partial charge in [-0.15, -0.1) is 0 Å². The number of alkyl halides is 1. The van der Waals surface area contributed by atoms with Crippen molar-refractivity contribution in [2.24, 2.45) is 18.9 Å². The van der Waals surface area contributed by atoms with Gasteiger partial charge in [-0.1, -0.05) is 43.2 Å². The van der Waals surface area contributed by atoms with Gasteiger partial charge in [0.1, 0.15) is 4.90 Å². The molecular formula is C32H38FN5O2S. The van der Waals surface area contributed by atoms with Crippen LogP contribution in [-0.2, 0) is 22.3 Å². The molecule has 0 radical (unpaired) electrons. The molecule has 0 N–H and O–H groups in total. The molecule has 0 bridgehead atoms. The smallest absolute Gasteiger partial charge is 0.209 e. The minimum Gasteiger partial charge on any atom is -0.365 e. The summed E-state index contributed by atoms with van der Waals surface area (Å²) in [6.07, 6.45) is 9.26. The molecule has 3 fully saturated rings. The van der Waals surface area contributed by atoms with E-state index in [1.54, 1.807) is 31.3 Å². The maximum absolute atomic E-state index is 15.8. The summed E-state index contributed by atoms with van der Waals surface area (Å²) < 4.78 is 42.9. The van der Waals surface area contributed by atoms with Gasteiger partial charge in [0.25, 0.3) is 0 Å². The van der Waals surface area contributed by atoms with Crippen LogP contribution < -0.4 is 4.90 Å². The Hall–Kier alpha value is -3.22. The first-order chi connectivity index (χ1) is 19.7. The summed E-state index contributed by atoms with van der Waals surface area (Å²) >= 11 is 0. The molecule has 0 amide bonds. The van der Waals surface area contributed by atoms with Gasteiger partial charge < -0.3 is 4.90 Å². The van der Waals surface area contributed by atoms with Gasteiger partial charge in [-0.3, -0.25) is 9.58 Å². The van der Waals surface area contributed by atoms with Gasteiger partial charge in [-0.2, -0.15) is 10.4 Å². The molecule has 2 saturated heterocycles. The minimum absolute atomic E-state index is 0.155. The third kappa shape index (κ3) is 5.17.